The summed E-state index contributed by atoms with van der Waals surface area (Å²) in [5.74, 6) is -4.54. The maximum atomic E-state index is 13.5. The second-order valence-corrected chi connectivity index (χ2v) is 14.0. The molecule has 2 aromatic carbocycles. The fraction of sp³-hybridized carbons (Fsp3) is 0.541. The summed E-state index contributed by atoms with van der Waals surface area (Å²) in [5, 5.41) is 42.8. The number of nitrogens with one attached hydrogen (secondary N) is 5. The summed E-state index contributed by atoms with van der Waals surface area (Å²) in [7, 11) is 0. The van der Waals surface area contributed by atoms with E-state index in [1.807, 2.05) is 42.5 Å². The van der Waals surface area contributed by atoms with E-state index < -0.39 is 54.0 Å². The summed E-state index contributed by atoms with van der Waals surface area (Å²) in [4.78, 5) is 85.4. The summed E-state index contributed by atoms with van der Waals surface area (Å²) < 4.78 is 0. The molecule has 1 fully saturated rings. The van der Waals surface area contributed by atoms with E-state index in [-0.39, 0.29) is 74.5 Å². The number of carboxylic acid groups (broad SMARTS) is 3. The lowest BCUT2D eigenvalue weighted by Crippen LogP contribution is -2.51. The van der Waals surface area contributed by atoms with Crippen LogP contribution in [0.25, 0.3) is 10.8 Å². The highest BCUT2D eigenvalue weighted by molar-refractivity contribution is 7.80. The van der Waals surface area contributed by atoms with Gasteiger partial charge in [0.2, 0.25) is 17.7 Å². The molecular weight excluding hydrogens is 721 g/mol. The second-order valence-electron chi connectivity index (χ2n) is 13.7. The number of thiol groups is 1. The molecule has 296 valence electrons. The Bertz CT molecular complexity index is 1620. The van der Waals surface area contributed by atoms with Crippen molar-refractivity contribution in [2.75, 3.05) is 18.8 Å². The number of amides is 5. The number of nitrogens with two attached hydrogens (primary N) is 1. The molecule has 0 aromatic heterocycles. The van der Waals surface area contributed by atoms with Gasteiger partial charge in [-0.1, -0.05) is 42.5 Å². The maximum Gasteiger partial charge on any atom is 0.326 e. The molecule has 54 heavy (non-hydrogen) atoms. The first kappa shape index (κ1) is 43.5. The molecule has 3 rings (SSSR count). The number of urea groups is 1. The minimum Gasteiger partial charge on any atom is -0.481 e. The van der Waals surface area contributed by atoms with Crippen molar-refractivity contribution in [3.8, 4) is 0 Å². The standard InChI is InChI=1S/C37H52N6O10S/c38-27(21-54)33(47)40-20-22-11-15-25(16-12-22)32(46)41-30(19-23-13-14-24-6-1-2-7-26(24)18-23)34(48)39-17-4-3-8-28(35(49)50)42-37(53)43-29(36(51)52)9-5-10-31(44)45/h1-2,6-7,13-14,18,22,25,27-30,54H,3-5,8-12,15-17,19-21,38H2,(H,39,48)(H,40,47)(H,41,46)(H,44,45)(H,49,50)(H,51,52)(H2,42,43,53)/t22?,25?,27-,28-,29-,30-/m0/s1. The highest BCUT2D eigenvalue weighted by atomic mass is 32.1. The van der Waals surface area contributed by atoms with E-state index in [1.54, 1.807) is 0 Å². The highest BCUT2D eigenvalue weighted by Gasteiger charge is 2.30. The predicted octanol–water partition coefficient (Wildman–Crippen LogP) is 1.79. The molecule has 17 heteroatoms. The lowest BCUT2D eigenvalue weighted by atomic mass is 9.81. The van der Waals surface area contributed by atoms with Crippen molar-refractivity contribution in [2.45, 2.75) is 94.8 Å². The van der Waals surface area contributed by atoms with E-state index in [2.05, 4.69) is 39.2 Å². The first-order valence-electron chi connectivity index (χ1n) is 18.2. The van der Waals surface area contributed by atoms with Crippen LogP contribution in [0.3, 0.4) is 0 Å². The van der Waals surface area contributed by atoms with E-state index in [0.717, 1.165) is 29.2 Å². The Labute approximate surface area is 319 Å². The number of benzene rings is 2. The van der Waals surface area contributed by atoms with E-state index >= 15 is 0 Å². The quantitative estimate of drug-likeness (QED) is 0.0609. The molecule has 0 bridgehead atoms. The van der Waals surface area contributed by atoms with Crippen molar-refractivity contribution in [3.05, 3.63) is 48.0 Å². The van der Waals surface area contributed by atoms with Gasteiger partial charge in [-0.3, -0.25) is 19.2 Å². The second kappa shape index (κ2) is 22.3. The molecule has 1 saturated carbocycles. The number of carbonyl (C=O) groups excluding carboxylic acids is 4. The van der Waals surface area contributed by atoms with Gasteiger partial charge in [-0.15, -0.1) is 0 Å². The number of aliphatic carboxylic acids is 3. The zero-order valence-corrected chi connectivity index (χ0v) is 31.0. The Hall–Kier alpha value is -4.90. The number of unbranched alkanes of at least 4 members (excludes halogenated alkanes) is 1. The number of carboxylic acids is 3. The zero-order valence-electron chi connectivity index (χ0n) is 30.1. The minimum atomic E-state index is -1.39. The molecule has 2 aromatic rings. The number of carbonyl (C=O) groups is 7. The number of hydrogen-bond donors (Lipinski definition) is 10. The SMILES string of the molecule is N[C@@H](CS)C(=O)NCC1CCC(C(=O)N[C@@H](Cc2ccc3ccccc3c2)C(=O)NCCCC[C@H](NC(=O)N[C@@H](CCCC(=O)O)C(=O)O)C(=O)O)CC1. The van der Waals surface area contributed by atoms with Crippen LogP contribution < -0.4 is 32.3 Å². The van der Waals surface area contributed by atoms with E-state index in [0.29, 0.717) is 25.8 Å². The van der Waals surface area contributed by atoms with Gasteiger partial charge in [0, 0.05) is 37.6 Å². The third-order valence-electron chi connectivity index (χ3n) is 9.51. The van der Waals surface area contributed by atoms with Gasteiger partial charge in [-0.25, -0.2) is 14.4 Å². The molecule has 4 atom stereocenters. The molecule has 0 spiro atoms. The molecule has 0 radical (unpaired) electrons. The van der Waals surface area contributed by atoms with Crippen molar-refractivity contribution in [1.82, 2.24) is 26.6 Å². The fourth-order valence-electron chi connectivity index (χ4n) is 6.33. The zero-order chi connectivity index (χ0) is 39.6. The Balaban J connectivity index is 1.54. The van der Waals surface area contributed by atoms with Gasteiger partial charge in [0.1, 0.15) is 18.1 Å². The molecule has 1 aliphatic rings. The lowest BCUT2D eigenvalue weighted by molar-refractivity contribution is -0.140. The monoisotopic (exact) mass is 772 g/mol. The first-order chi connectivity index (χ1) is 25.8. The summed E-state index contributed by atoms with van der Waals surface area (Å²) in [6.45, 7) is 0.638. The van der Waals surface area contributed by atoms with Gasteiger partial charge in [0.05, 0.1) is 6.04 Å². The highest BCUT2D eigenvalue weighted by Crippen LogP contribution is 2.29. The number of fused-ring (bicyclic) bond motifs is 1. The van der Waals surface area contributed by atoms with Crippen molar-refractivity contribution >= 4 is 65.1 Å². The van der Waals surface area contributed by atoms with E-state index in [4.69, 9.17) is 10.8 Å². The summed E-state index contributed by atoms with van der Waals surface area (Å²) >= 11 is 4.06. The Morgan fingerprint density at radius 3 is 1.98 bits per heavy atom. The van der Waals surface area contributed by atoms with Gasteiger partial charge in [0.25, 0.3) is 0 Å². The predicted molar refractivity (Wildman–Crippen MR) is 203 cm³/mol. The topological polar surface area (TPSA) is 266 Å². The van der Waals surface area contributed by atoms with Crippen LogP contribution in [-0.2, 0) is 35.2 Å². The van der Waals surface area contributed by atoms with E-state index in [1.165, 1.54) is 0 Å². The summed E-state index contributed by atoms with van der Waals surface area (Å²) in [6.07, 6.45) is 3.11. The normalized spacial score (nSPS) is 17.6. The van der Waals surface area contributed by atoms with Crippen LogP contribution in [0, 0.1) is 11.8 Å². The molecule has 10 N–H and O–H groups in total. The van der Waals surface area contributed by atoms with Crippen LogP contribution in [0.1, 0.15) is 69.8 Å². The lowest BCUT2D eigenvalue weighted by Gasteiger charge is -2.29. The van der Waals surface area contributed by atoms with Gasteiger partial charge in [-0.05, 0) is 80.0 Å². The molecule has 1 aliphatic carbocycles. The fourth-order valence-corrected chi connectivity index (χ4v) is 6.49. The molecular formula is C37H52N6O10S. The van der Waals surface area contributed by atoms with Gasteiger partial charge in [-0.2, -0.15) is 12.6 Å². The smallest absolute Gasteiger partial charge is 0.326 e. The molecule has 0 heterocycles. The van der Waals surface area contributed by atoms with Crippen molar-refractivity contribution < 1.29 is 48.9 Å². The van der Waals surface area contributed by atoms with Gasteiger partial charge >= 0.3 is 23.9 Å². The summed E-state index contributed by atoms with van der Waals surface area (Å²) in [6, 6.07) is 8.35. The number of hydrogen-bond acceptors (Lipinski definition) is 9. The molecule has 0 aliphatic heterocycles. The van der Waals surface area contributed by atoms with Gasteiger partial charge < -0.3 is 47.6 Å². The van der Waals surface area contributed by atoms with Crippen LogP contribution in [-0.4, -0.2) is 100.0 Å². The largest absolute Gasteiger partial charge is 0.481 e. The van der Waals surface area contributed by atoms with Crippen molar-refractivity contribution in [3.63, 3.8) is 0 Å². The average Bonchev–Trinajstić information content (AvgIpc) is 3.14. The average molecular weight is 773 g/mol. The van der Waals surface area contributed by atoms with Crippen LogP contribution in [0.2, 0.25) is 0 Å². The Morgan fingerprint density at radius 2 is 1.37 bits per heavy atom. The summed E-state index contributed by atoms with van der Waals surface area (Å²) in [5.41, 5.74) is 6.59. The maximum absolute atomic E-state index is 13.5. The first-order valence-corrected chi connectivity index (χ1v) is 18.8. The van der Waals surface area contributed by atoms with Crippen LogP contribution in [0.4, 0.5) is 4.79 Å². The van der Waals surface area contributed by atoms with Crippen molar-refractivity contribution in [1.29, 1.82) is 0 Å². The third-order valence-corrected chi connectivity index (χ3v) is 9.91. The molecule has 0 saturated heterocycles. The Morgan fingerprint density at radius 1 is 0.741 bits per heavy atom. The van der Waals surface area contributed by atoms with Crippen LogP contribution in [0.15, 0.2) is 42.5 Å². The minimum absolute atomic E-state index is 0.00409. The Kier molecular flexibility index (Phi) is 18.0. The van der Waals surface area contributed by atoms with E-state index in [9.17, 15) is 43.8 Å². The van der Waals surface area contributed by atoms with Crippen LogP contribution >= 0.6 is 12.6 Å². The third kappa shape index (κ3) is 14.9. The van der Waals surface area contributed by atoms with Crippen molar-refractivity contribution in [2.24, 2.45) is 17.6 Å². The van der Waals surface area contributed by atoms with Crippen LogP contribution in [0.5, 0.6) is 0 Å². The molecule has 5 amide bonds. The molecule has 0 unspecified atom stereocenters. The molecule has 16 nitrogen and oxygen atoms in total. The van der Waals surface area contributed by atoms with Gasteiger partial charge in [0.15, 0.2) is 0 Å². The number of rotatable bonds is 22.